The van der Waals surface area contributed by atoms with Crippen LogP contribution in [-0.4, -0.2) is 0 Å². The molecular formula is C13H14S. The average molecular weight is 202 g/mol. The molecule has 1 aromatic heterocycles. The minimum atomic E-state index is 1.10. The highest BCUT2D eigenvalue weighted by Gasteiger charge is 2.03. The first-order valence-electron chi connectivity index (χ1n) is 4.94. The van der Waals surface area contributed by atoms with E-state index in [4.69, 9.17) is 0 Å². The molecule has 72 valence electrons. The van der Waals surface area contributed by atoms with Gasteiger partial charge in [-0.1, -0.05) is 31.2 Å². The third kappa shape index (κ3) is 1.73. The zero-order valence-corrected chi connectivity index (χ0v) is 9.40. The fourth-order valence-corrected chi connectivity index (χ4v) is 2.40. The smallest absolute Gasteiger partial charge is 0.00205 e. The van der Waals surface area contributed by atoms with Crippen molar-refractivity contribution >= 4 is 11.3 Å². The van der Waals surface area contributed by atoms with Crippen LogP contribution in [0.1, 0.15) is 17.4 Å². The molecule has 0 atom stereocenters. The fraction of sp³-hybridized carbons (Fsp3) is 0.231. The zero-order chi connectivity index (χ0) is 9.97. The van der Waals surface area contributed by atoms with E-state index >= 15 is 0 Å². The van der Waals surface area contributed by atoms with Crippen molar-refractivity contribution in [1.29, 1.82) is 0 Å². The Kier molecular flexibility index (Phi) is 2.69. The SMILES string of the molecule is CCc1ccccc1-c1csc(C)c1. The minimum absolute atomic E-state index is 1.10. The monoisotopic (exact) mass is 202 g/mol. The van der Waals surface area contributed by atoms with Crippen molar-refractivity contribution < 1.29 is 0 Å². The van der Waals surface area contributed by atoms with Crippen molar-refractivity contribution in [2.45, 2.75) is 20.3 Å². The summed E-state index contributed by atoms with van der Waals surface area (Å²) in [6, 6.07) is 10.9. The molecule has 0 saturated heterocycles. The first kappa shape index (κ1) is 9.47. The maximum absolute atomic E-state index is 2.26. The molecule has 2 aromatic rings. The van der Waals surface area contributed by atoms with Crippen LogP contribution in [0.2, 0.25) is 0 Å². The van der Waals surface area contributed by atoms with Crippen LogP contribution in [0.3, 0.4) is 0 Å². The number of benzene rings is 1. The maximum atomic E-state index is 2.26. The van der Waals surface area contributed by atoms with E-state index in [0.717, 1.165) is 6.42 Å². The van der Waals surface area contributed by atoms with Crippen molar-refractivity contribution in [3.05, 3.63) is 46.2 Å². The van der Waals surface area contributed by atoms with Crippen molar-refractivity contribution in [3.63, 3.8) is 0 Å². The maximum Gasteiger partial charge on any atom is 0.00205 e. The van der Waals surface area contributed by atoms with Crippen LogP contribution in [0, 0.1) is 6.92 Å². The molecular weight excluding hydrogens is 188 g/mol. The van der Waals surface area contributed by atoms with Gasteiger partial charge in [0.2, 0.25) is 0 Å². The summed E-state index contributed by atoms with van der Waals surface area (Å²) >= 11 is 1.82. The number of rotatable bonds is 2. The molecule has 1 heterocycles. The van der Waals surface area contributed by atoms with Gasteiger partial charge in [-0.15, -0.1) is 11.3 Å². The van der Waals surface area contributed by atoms with Crippen LogP contribution in [0.25, 0.3) is 11.1 Å². The van der Waals surface area contributed by atoms with Gasteiger partial charge in [-0.2, -0.15) is 0 Å². The molecule has 2 rings (SSSR count). The van der Waals surface area contributed by atoms with Gasteiger partial charge in [-0.25, -0.2) is 0 Å². The van der Waals surface area contributed by atoms with Gasteiger partial charge in [-0.05, 0) is 41.5 Å². The lowest BCUT2D eigenvalue weighted by Gasteiger charge is -2.04. The lowest BCUT2D eigenvalue weighted by atomic mass is 10.0. The second-order valence-electron chi connectivity index (χ2n) is 3.46. The molecule has 0 radical (unpaired) electrons. The van der Waals surface area contributed by atoms with Crippen LogP contribution < -0.4 is 0 Å². The highest BCUT2D eigenvalue weighted by molar-refractivity contribution is 7.10. The molecule has 0 aliphatic carbocycles. The molecule has 0 nitrogen and oxygen atoms in total. The largest absolute Gasteiger partial charge is 0.149 e. The molecule has 0 spiro atoms. The third-order valence-corrected chi connectivity index (χ3v) is 3.30. The quantitative estimate of drug-likeness (QED) is 0.681. The third-order valence-electron chi connectivity index (χ3n) is 2.44. The summed E-state index contributed by atoms with van der Waals surface area (Å²) in [4.78, 5) is 1.38. The first-order chi connectivity index (χ1) is 6.81. The van der Waals surface area contributed by atoms with Crippen LogP contribution in [0.5, 0.6) is 0 Å². The molecule has 0 aliphatic rings. The topological polar surface area (TPSA) is 0 Å². The Morgan fingerprint density at radius 3 is 2.64 bits per heavy atom. The average Bonchev–Trinajstić information content (AvgIpc) is 2.65. The Morgan fingerprint density at radius 2 is 2.00 bits per heavy atom. The Bertz CT molecular complexity index is 426. The van der Waals surface area contributed by atoms with Gasteiger partial charge in [0.15, 0.2) is 0 Å². The molecule has 0 unspecified atom stereocenters. The van der Waals surface area contributed by atoms with Crippen molar-refractivity contribution in [2.75, 3.05) is 0 Å². The van der Waals surface area contributed by atoms with Gasteiger partial charge in [0.25, 0.3) is 0 Å². The summed E-state index contributed by atoms with van der Waals surface area (Å²) < 4.78 is 0. The molecule has 0 N–H and O–H groups in total. The van der Waals surface area contributed by atoms with Gasteiger partial charge >= 0.3 is 0 Å². The standard InChI is InChI=1S/C13H14S/c1-3-11-6-4-5-7-13(11)12-8-10(2)14-9-12/h4-9H,3H2,1-2H3. The number of aryl methyl sites for hydroxylation is 2. The number of hydrogen-bond acceptors (Lipinski definition) is 1. The van der Waals surface area contributed by atoms with Gasteiger partial charge in [0, 0.05) is 4.88 Å². The molecule has 14 heavy (non-hydrogen) atoms. The van der Waals surface area contributed by atoms with Crippen molar-refractivity contribution in [3.8, 4) is 11.1 Å². The zero-order valence-electron chi connectivity index (χ0n) is 8.58. The summed E-state index contributed by atoms with van der Waals surface area (Å²) in [5, 5.41) is 2.24. The van der Waals surface area contributed by atoms with Gasteiger partial charge in [0.1, 0.15) is 0 Å². The molecule has 0 aliphatic heterocycles. The Balaban J connectivity index is 2.50. The van der Waals surface area contributed by atoms with Crippen LogP contribution in [0.4, 0.5) is 0 Å². The Hall–Kier alpha value is -1.08. The molecule has 1 heteroatoms. The molecule has 0 amide bonds. The lowest BCUT2D eigenvalue weighted by molar-refractivity contribution is 1.14. The molecule has 1 aromatic carbocycles. The van der Waals surface area contributed by atoms with E-state index < -0.39 is 0 Å². The van der Waals surface area contributed by atoms with Crippen molar-refractivity contribution in [1.82, 2.24) is 0 Å². The van der Waals surface area contributed by atoms with Gasteiger partial charge in [0.05, 0.1) is 0 Å². The van der Waals surface area contributed by atoms with Crippen LogP contribution in [-0.2, 0) is 6.42 Å². The van der Waals surface area contributed by atoms with E-state index in [1.807, 2.05) is 11.3 Å². The van der Waals surface area contributed by atoms with E-state index in [-0.39, 0.29) is 0 Å². The summed E-state index contributed by atoms with van der Waals surface area (Å²) in [5.41, 5.74) is 4.19. The highest BCUT2D eigenvalue weighted by atomic mass is 32.1. The molecule has 0 bridgehead atoms. The van der Waals surface area contributed by atoms with Gasteiger partial charge in [-0.3, -0.25) is 0 Å². The second kappa shape index (κ2) is 3.97. The first-order valence-corrected chi connectivity index (χ1v) is 5.82. The molecule has 0 saturated carbocycles. The molecule has 0 fully saturated rings. The number of thiophene rings is 1. The van der Waals surface area contributed by atoms with E-state index in [9.17, 15) is 0 Å². The van der Waals surface area contributed by atoms with Crippen molar-refractivity contribution in [2.24, 2.45) is 0 Å². The van der Waals surface area contributed by atoms with E-state index in [0.29, 0.717) is 0 Å². The second-order valence-corrected chi connectivity index (χ2v) is 4.57. The number of hydrogen-bond donors (Lipinski definition) is 0. The fourth-order valence-electron chi connectivity index (χ4n) is 1.69. The normalized spacial score (nSPS) is 10.4. The van der Waals surface area contributed by atoms with E-state index in [2.05, 4.69) is 49.6 Å². The van der Waals surface area contributed by atoms with E-state index in [1.54, 1.807) is 0 Å². The lowest BCUT2D eigenvalue weighted by Crippen LogP contribution is -1.84. The predicted octanol–water partition coefficient (Wildman–Crippen LogP) is 4.29. The Morgan fingerprint density at radius 1 is 1.21 bits per heavy atom. The summed E-state index contributed by atoms with van der Waals surface area (Å²) in [6.45, 7) is 4.36. The summed E-state index contributed by atoms with van der Waals surface area (Å²) in [5.74, 6) is 0. The van der Waals surface area contributed by atoms with Gasteiger partial charge < -0.3 is 0 Å². The summed E-state index contributed by atoms with van der Waals surface area (Å²) in [6.07, 6.45) is 1.10. The summed E-state index contributed by atoms with van der Waals surface area (Å²) in [7, 11) is 0. The Labute approximate surface area is 89.2 Å². The van der Waals surface area contributed by atoms with E-state index in [1.165, 1.54) is 21.6 Å². The van der Waals surface area contributed by atoms with Crippen LogP contribution >= 0.6 is 11.3 Å². The predicted molar refractivity (Wildman–Crippen MR) is 63.9 cm³/mol. The minimum Gasteiger partial charge on any atom is -0.149 e. The highest BCUT2D eigenvalue weighted by Crippen LogP contribution is 2.28. The van der Waals surface area contributed by atoms with Crippen LogP contribution in [0.15, 0.2) is 35.7 Å².